The molecule has 1 amide bonds. The Morgan fingerprint density at radius 1 is 1.11 bits per heavy atom. The molecule has 2 fully saturated rings. The first-order valence-electron chi connectivity index (χ1n) is 9.27. The standard InChI is InChI=1S/C20H23N3O3S/c24-19(7-6-17-4-1-3-16-5-2-9-21-20(16)17)23-12-10-22(11-13-23)18-8-14-27(25,26)15-18/h1-7,9,18H,8,10-15H2/b7-6+. The molecule has 7 heteroatoms. The zero-order valence-corrected chi connectivity index (χ0v) is 15.9. The molecule has 27 heavy (non-hydrogen) atoms. The molecule has 4 rings (SSSR count). The topological polar surface area (TPSA) is 70.6 Å². The Hall–Kier alpha value is -2.25. The SMILES string of the molecule is O=C(/C=C/c1cccc2cccnc12)N1CCN(C2CCS(=O)(=O)C2)CC1. The van der Waals surface area contributed by atoms with Crippen molar-refractivity contribution in [3.8, 4) is 0 Å². The third-order valence-electron chi connectivity index (χ3n) is 5.42. The van der Waals surface area contributed by atoms with Crippen LogP contribution in [0.25, 0.3) is 17.0 Å². The number of para-hydroxylation sites is 1. The van der Waals surface area contributed by atoms with Crippen LogP contribution in [0.1, 0.15) is 12.0 Å². The van der Waals surface area contributed by atoms with E-state index >= 15 is 0 Å². The Bertz CT molecular complexity index is 974. The largest absolute Gasteiger partial charge is 0.337 e. The molecule has 0 spiro atoms. The summed E-state index contributed by atoms with van der Waals surface area (Å²) >= 11 is 0. The fourth-order valence-electron chi connectivity index (χ4n) is 3.90. The molecule has 2 aliphatic heterocycles. The molecule has 0 radical (unpaired) electrons. The van der Waals surface area contributed by atoms with Gasteiger partial charge in [-0.2, -0.15) is 0 Å². The molecule has 142 valence electrons. The second-order valence-electron chi connectivity index (χ2n) is 7.17. The maximum Gasteiger partial charge on any atom is 0.246 e. The van der Waals surface area contributed by atoms with Crippen molar-refractivity contribution < 1.29 is 13.2 Å². The number of pyridine rings is 1. The zero-order valence-electron chi connectivity index (χ0n) is 15.1. The minimum atomic E-state index is -2.87. The van der Waals surface area contributed by atoms with E-state index in [2.05, 4.69) is 9.88 Å². The van der Waals surface area contributed by atoms with Crippen LogP contribution in [0.15, 0.2) is 42.6 Å². The highest BCUT2D eigenvalue weighted by molar-refractivity contribution is 7.91. The predicted octanol–water partition coefficient (Wildman–Crippen LogP) is 1.58. The second-order valence-corrected chi connectivity index (χ2v) is 9.40. The Balaban J connectivity index is 1.37. The van der Waals surface area contributed by atoms with Crippen molar-refractivity contribution in [1.82, 2.24) is 14.8 Å². The number of amides is 1. The fraction of sp³-hybridized carbons (Fsp3) is 0.400. The molecule has 6 nitrogen and oxygen atoms in total. The molecule has 1 aromatic carbocycles. The van der Waals surface area contributed by atoms with Crippen LogP contribution < -0.4 is 0 Å². The second kappa shape index (κ2) is 7.40. The molecule has 2 aromatic rings. The number of sulfone groups is 1. The van der Waals surface area contributed by atoms with Gasteiger partial charge < -0.3 is 4.90 Å². The summed E-state index contributed by atoms with van der Waals surface area (Å²) in [5.41, 5.74) is 1.81. The van der Waals surface area contributed by atoms with Gasteiger partial charge in [0.05, 0.1) is 17.0 Å². The van der Waals surface area contributed by atoms with E-state index in [1.807, 2.05) is 41.3 Å². The van der Waals surface area contributed by atoms with Crippen LogP contribution in [0, 0.1) is 0 Å². The lowest BCUT2D eigenvalue weighted by Crippen LogP contribution is -2.52. The number of benzene rings is 1. The zero-order chi connectivity index (χ0) is 18.9. The van der Waals surface area contributed by atoms with Gasteiger partial charge in [0.2, 0.25) is 5.91 Å². The molecule has 0 aliphatic carbocycles. The average molecular weight is 385 g/mol. The number of piperazine rings is 1. The van der Waals surface area contributed by atoms with Crippen LogP contribution in [0.3, 0.4) is 0 Å². The first-order chi connectivity index (χ1) is 13.0. The van der Waals surface area contributed by atoms with Gasteiger partial charge in [-0.25, -0.2) is 8.42 Å². The summed E-state index contributed by atoms with van der Waals surface area (Å²) in [5, 5.41) is 1.05. The van der Waals surface area contributed by atoms with Crippen LogP contribution in [0.4, 0.5) is 0 Å². The van der Waals surface area contributed by atoms with Crippen LogP contribution in [-0.2, 0) is 14.6 Å². The van der Waals surface area contributed by atoms with Crippen molar-refractivity contribution in [2.24, 2.45) is 0 Å². The van der Waals surface area contributed by atoms with E-state index in [1.54, 1.807) is 12.3 Å². The van der Waals surface area contributed by atoms with Gasteiger partial charge >= 0.3 is 0 Å². The number of hydrogen-bond donors (Lipinski definition) is 0. The molecule has 1 unspecified atom stereocenters. The van der Waals surface area contributed by atoms with Gasteiger partial charge in [-0.05, 0) is 18.6 Å². The van der Waals surface area contributed by atoms with Crippen molar-refractivity contribution in [3.05, 3.63) is 48.2 Å². The molecule has 1 aromatic heterocycles. The summed E-state index contributed by atoms with van der Waals surface area (Å²) in [6.07, 6.45) is 5.90. The number of rotatable bonds is 3. The average Bonchev–Trinajstić information content (AvgIpc) is 3.06. The third kappa shape index (κ3) is 4.04. The molecule has 0 N–H and O–H groups in total. The number of fused-ring (bicyclic) bond motifs is 1. The van der Waals surface area contributed by atoms with Crippen LogP contribution in [-0.4, -0.2) is 72.8 Å². The molecule has 1 atom stereocenters. The Kier molecular flexibility index (Phi) is 4.97. The van der Waals surface area contributed by atoms with Gasteiger partial charge in [0, 0.05) is 55.4 Å². The highest BCUT2D eigenvalue weighted by atomic mass is 32.2. The summed E-state index contributed by atoms with van der Waals surface area (Å²) in [6.45, 7) is 2.73. The lowest BCUT2D eigenvalue weighted by molar-refractivity contribution is -0.127. The Labute approximate surface area is 159 Å². The molecule has 3 heterocycles. The highest BCUT2D eigenvalue weighted by Crippen LogP contribution is 2.20. The van der Waals surface area contributed by atoms with Crippen molar-refractivity contribution in [1.29, 1.82) is 0 Å². The molecule has 0 saturated carbocycles. The number of carbonyl (C=O) groups is 1. The van der Waals surface area contributed by atoms with Gasteiger partial charge in [0.15, 0.2) is 9.84 Å². The van der Waals surface area contributed by atoms with E-state index in [9.17, 15) is 13.2 Å². The van der Waals surface area contributed by atoms with E-state index in [4.69, 9.17) is 0 Å². The highest BCUT2D eigenvalue weighted by Gasteiger charge is 2.34. The van der Waals surface area contributed by atoms with Gasteiger partial charge in [-0.1, -0.05) is 24.3 Å². The maximum absolute atomic E-state index is 12.5. The van der Waals surface area contributed by atoms with Gasteiger partial charge in [-0.15, -0.1) is 0 Å². The van der Waals surface area contributed by atoms with E-state index in [-0.39, 0.29) is 17.7 Å². The summed E-state index contributed by atoms with van der Waals surface area (Å²) in [5.74, 6) is 0.537. The molecular formula is C20H23N3O3S. The third-order valence-corrected chi connectivity index (χ3v) is 7.17. The van der Waals surface area contributed by atoms with Crippen LogP contribution in [0.2, 0.25) is 0 Å². The van der Waals surface area contributed by atoms with Crippen molar-refractivity contribution in [2.75, 3.05) is 37.7 Å². The quantitative estimate of drug-likeness (QED) is 0.751. The Morgan fingerprint density at radius 3 is 2.63 bits per heavy atom. The lowest BCUT2D eigenvalue weighted by Gasteiger charge is -2.37. The number of hydrogen-bond acceptors (Lipinski definition) is 5. The minimum Gasteiger partial charge on any atom is -0.337 e. The molecule has 2 aliphatic rings. The summed E-state index contributed by atoms with van der Waals surface area (Å²) in [6, 6.07) is 9.94. The first-order valence-corrected chi connectivity index (χ1v) is 11.1. The van der Waals surface area contributed by atoms with Gasteiger partial charge in [-0.3, -0.25) is 14.7 Å². The molecule has 0 bridgehead atoms. The summed E-state index contributed by atoms with van der Waals surface area (Å²) in [4.78, 5) is 21.0. The number of carbonyl (C=O) groups excluding carboxylic acids is 1. The minimum absolute atomic E-state index is 0.0124. The molecule has 2 saturated heterocycles. The van der Waals surface area contributed by atoms with Crippen molar-refractivity contribution in [3.63, 3.8) is 0 Å². The first kappa shape index (κ1) is 18.1. The summed E-state index contributed by atoms with van der Waals surface area (Å²) in [7, 11) is -2.87. The van der Waals surface area contributed by atoms with Crippen LogP contribution >= 0.6 is 0 Å². The number of aromatic nitrogens is 1. The normalized spacial score (nSPS) is 23.3. The smallest absolute Gasteiger partial charge is 0.246 e. The maximum atomic E-state index is 12.5. The van der Waals surface area contributed by atoms with Crippen LogP contribution in [0.5, 0.6) is 0 Å². The lowest BCUT2D eigenvalue weighted by atomic mass is 10.1. The van der Waals surface area contributed by atoms with E-state index in [0.717, 1.165) is 29.6 Å². The van der Waals surface area contributed by atoms with Gasteiger partial charge in [0.1, 0.15) is 0 Å². The predicted molar refractivity (Wildman–Crippen MR) is 106 cm³/mol. The van der Waals surface area contributed by atoms with E-state index in [0.29, 0.717) is 25.3 Å². The van der Waals surface area contributed by atoms with Crippen molar-refractivity contribution >= 4 is 32.7 Å². The van der Waals surface area contributed by atoms with Crippen molar-refractivity contribution in [2.45, 2.75) is 12.5 Å². The summed E-state index contributed by atoms with van der Waals surface area (Å²) < 4.78 is 23.3. The Morgan fingerprint density at radius 2 is 1.89 bits per heavy atom. The monoisotopic (exact) mass is 385 g/mol. The molecular weight excluding hydrogens is 362 g/mol. The number of nitrogens with zero attached hydrogens (tertiary/aromatic N) is 3. The van der Waals surface area contributed by atoms with E-state index < -0.39 is 9.84 Å². The fourth-order valence-corrected chi connectivity index (χ4v) is 5.66. The van der Waals surface area contributed by atoms with E-state index in [1.165, 1.54) is 0 Å². The van der Waals surface area contributed by atoms with Gasteiger partial charge in [0.25, 0.3) is 0 Å².